The van der Waals surface area contributed by atoms with Gasteiger partial charge < -0.3 is 24.7 Å². The Morgan fingerprint density at radius 1 is 1.20 bits per heavy atom. The van der Waals surface area contributed by atoms with Gasteiger partial charge in [-0.1, -0.05) is 41.8 Å². The van der Waals surface area contributed by atoms with Gasteiger partial charge in [0.25, 0.3) is 5.91 Å². The number of benzene rings is 3. The van der Waals surface area contributed by atoms with E-state index in [-0.39, 0.29) is 12.0 Å². The van der Waals surface area contributed by atoms with Crippen molar-refractivity contribution < 1.29 is 14.3 Å². The van der Waals surface area contributed by atoms with E-state index in [1.54, 1.807) is 6.07 Å². The molecule has 0 spiro atoms. The number of imidazole rings is 1. The average molecular weight is 621 g/mol. The number of anilines is 1. The number of hydrogen-bond donors (Lipinski definition) is 3. The molecule has 0 saturated carbocycles. The van der Waals surface area contributed by atoms with Gasteiger partial charge in [0.05, 0.1) is 28.1 Å². The van der Waals surface area contributed by atoms with Crippen LogP contribution in [0.2, 0.25) is 5.02 Å². The van der Waals surface area contributed by atoms with Crippen molar-refractivity contribution in [3.8, 4) is 34.9 Å². The Morgan fingerprint density at radius 3 is 2.78 bits per heavy atom. The normalized spacial score (nSPS) is 16.6. The minimum atomic E-state index is -0.313. The summed E-state index contributed by atoms with van der Waals surface area (Å²) in [6.07, 6.45) is 7.20. The summed E-state index contributed by atoms with van der Waals surface area (Å²) in [5, 5.41) is 16.6. The molecule has 4 heterocycles. The molecule has 3 aromatic carbocycles. The first-order valence-corrected chi connectivity index (χ1v) is 15.4. The van der Waals surface area contributed by atoms with Crippen LogP contribution in [0.3, 0.4) is 0 Å². The Balaban J connectivity index is 1.20. The third-order valence-electron chi connectivity index (χ3n) is 8.79. The predicted molar refractivity (Wildman–Crippen MR) is 175 cm³/mol. The number of halogens is 1. The Kier molecular flexibility index (Phi) is 7.68. The summed E-state index contributed by atoms with van der Waals surface area (Å²) in [5.74, 6) is 3.26. The second-order valence-corrected chi connectivity index (χ2v) is 12.1. The summed E-state index contributed by atoms with van der Waals surface area (Å²) in [6, 6.07) is 15.4. The summed E-state index contributed by atoms with van der Waals surface area (Å²) in [5.41, 5.74) is 8.80. The molecule has 1 saturated heterocycles. The molecule has 45 heavy (non-hydrogen) atoms. The molecule has 1 atom stereocenters. The summed E-state index contributed by atoms with van der Waals surface area (Å²) < 4.78 is 8.14. The molecule has 2 aliphatic heterocycles. The zero-order chi connectivity index (χ0) is 31.2. The second kappa shape index (κ2) is 11.8. The molecule has 0 aliphatic carbocycles. The van der Waals surface area contributed by atoms with E-state index >= 15 is 0 Å². The smallest absolute Gasteiger partial charge is 0.291 e. The molecule has 2 aromatic heterocycles. The first-order chi connectivity index (χ1) is 21.8. The number of aliphatic hydroxyl groups is 1. The monoisotopic (exact) mass is 620 g/mol. The highest BCUT2D eigenvalue weighted by molar-refractivity contribution is 6.36. The topological polar surface area (TPSA) is 108 Å². The molecule has 2 aliphatic rings. The summed E-state index contributed by atoms with van der Waals surface area (Å²) in [6.45, 7) is 5.69. The summed E-state index contributed by atoms with van der Waals surface area (Å²) >= 11 is 6.95. The number of rotatable bonds is 6. The molecule has 0 unspecified atom stereocenters. The van der Waals surface area contributed by atoms with Crippen molar-refractivity contribution in [2.45, 2.75) is 39.0 Å². The lowest BCUT2D eigenvalue weighted by atomic mass is 9.96. The van der Waals surface area contributed by atoms with Gasteiger partial charge >= 0.3 is 0 Å². The van der Waals surface area contributed by atoms with Crippen LogP contribution < -0.4 is 10.6 Å². The van der Waals surface area contributed by atoms with Crippen LogP contribution in [0.1, 0.15) is 45.1 Å². The van der Waals surface area contributed by atoms with Gasteiger partial charge in [0.1, 0.15) is 5.52 Å². The van der Waals surface area contributed by atoms with Crippen LogP contribution in [0.15, 0.2) is 52.9 Å². The molecule has 10 heteroatoms. The van der Waals surface area contributed by atoms with E-state index in [1.807, 2.05) is 61.0 Å². The quantitative estimate of drug-likeness (QED) is 0.221. The number of terminal acetylenes is 1. The van der Waals surface area contributed by atoms with Crippen LogP contribution in [0.25, 0.3) is 33.7 Å². The number of aliphatic hydroxyl groups excluding tert-OH is 1. The van der Waals surface area contributed by atoms with Gasteiger partial charge in [-0.2, -0.15) is 0 Å². The van der Waals surface area contributed by atoms with E-state index in [9.17, 15) is 9.90 Å². The molecule has 5 aromatic rings. The Bertz CT molecular complexity index is 2000. The maximum Gasteiger partial charge on any atom is 0.291 e. The van der Waals surface area contributed by atoms with Gasteiger partial charge in [-0.15, -0.1) is 6.42 Å². The Labute approximate surface area is 266 Å². The van der Waals surface area contributed by atoms with Gasteiger partial charge in [0, 0.05) is 63.0 Å². The van der Waals surface area contributed by atoms with Crippen molar-refractivity contribution in [3.05, 3.63) is 87.5 Å². The van der Waals surface area contributed by atoms with Gasteiger partial charge in [0.15, 0.2) is 11.4 Å². The van der Waals surface area contributed by atoms with Crippen molar-refractivity contribution in [1.29, 1.82) is 0 Å². The number of hydrogen-bond acceptors (Lipinski definition) is 7. The van der Waals surface area contributed by atoms with Crippen molar-refractivity contribution in [3.63, 3.8) is 0 Å². The number of amides is 1. The fourth-order valence-electron chi connectivity index (χ4n) is 6.45. The SMILES string of the molecule is C#Cc1cc(CN2CC[C@@H](O)C2)cc2nc(-c3cccc(-c4cccc(NC(=O)c5nc6c(n5C)CCNC6)c4Cl)c3C)oc12. The number of carbonyl (C=O) groups excluding carboxylic acids is 1. The number of oxazole rings is 1. The maximum absolute atomic E-state index is 13.3. The van der Waals surface area contributed by atoms with E-state index < -0.39 is 0 Å². The van der Waals surface area contributed by atoms with E-state index in [0.717, 1.165) is 65.1 Å². The fourth-order valence-corrected chi connectivity index (χ4v) is 6.73. The molecule has 0 radical (unpaired) electrons. The third kappa shape index (κ3) is 5.40. The van der Waals surface area contributed by atoms with E-state index in [1.165, 1.54) is 0 Å². The lowest BCUT2D eigenvalue weighted by Crippen LogP contribution is -2.24. The predicted octanol–water partition coefficient (Wildman–Crippen LogP) is 5.30. The molecule has 3 N–H and O–H groups in total. The Morgan fingerprint density at radius 2 is 2.00 bits per heavy atom. The molecule has 1 amide bonds. The van der Waals surface area contributed by atoms with Crippen molar-refractivity contribution >= 4 is 34.3 Å². The van der Waals surface area contributed by atoms with Crippen LogP contribution >= 0.6 is 11.6 Å². The number of aromatic nitrogens is 3. The summed E-state index contributed by atoms with van der Waals surface area (Å²) in [4.78, 5) is 25.0. The average Bonchev–Trinajstić information content (AvgIpc) is 3.75. The standard InChI is InChI=1S/C35H33ClN6O3/c1-4-22-15-21(18-42-14-12-23(43)19-42)16-28-32(22)45-35(40-28)25-8-5-7-24(20(25)2)26-9-6-10-27(31(26)36)39-34(44)33-38-29-17-37-13-11-30(29)41(33)3/h1,5-10,15-16,23,37,43H,11-14,17-19H2,2-3H3,(H,39,44)/t23-/m1/s1. The highest BCUT2D eigenvalue weighted by Gasteiger charge is 2.24. The van der Waals surface area contributed by atoms with Gasteiger partial charge in [-0.3, -0.25) is 9.69 Å². The second-order valence-electron chi connectivity index (χ2n) is 11.7. The molecule has 1 fully saturated rings. The minimum absolute atomic E-state index is 0.288. The van der Waals surface area contributed by atoms with Crippen molar-refractivity contribution in [1.82, 2.24) is 24.8 Å². The van der Waals surface area contributed by atoms with Crippen LogP contribution in [0, 0.1) is 19.3 Å². The molecule has 9 nitrogen and oxygen atoms in total. The largest absolute Gasteiger partial charge is 0.435 e. The highest BCUT2D eigenvalue weighted by atomic mass is 35.5. The van der Waals surface area contributed by atoms with Crippen LogP contribution in [0.5, 0.6) is 0 Å². The zero-order valence-electron chi connectivity index (χ0n) is 25.2. The van der Waals surface area contributed by atoms with Crippen molar-refractivity contribution in [2.75, 3.05) is 25.0 Å². The number of fused-ring (bicyclic) bond motifs is 2. The number of carbonyl (C=O) groups is 1. The van der Waals surface area contributed by atoms with Crippen LogP contribution in [-0.4, -0.2) is 56.2 Å². The van der Waals surface area contributed by atoms with E-state index in [0.29, 0.717) is 58.7 Å². The zero-order valence-corrected chi connectivity index (χ0v) is 25.9. The first kappa shape index (κ1) is 29.3. The molecule has 0 bridgehead atoms. The van der Waals surface area contributed by atoms with Gasteiger partial charge in [-0.05, 0) is 54.3 Å². The lowest BCUT2D eigenvalue weighted by molar-refractivity contribution is 0.101. The lowest BCUT2D eigenvalue weighted by Gasteiger charge is -2.15. The van der Waals surface area contributed by atoms with Crippen molar-refractivity contribution in [2.24, 2.45) is 7.05 Å². The first-order valence-electron chi connectivity index (χ1n) is 15.1. The molecular formula is C35H33ClN6O3. The molecule has 228 valence electrons. The third-order valence-corrected chi connectivity index (χ3v) is 9.20. The molecular weight excluding hydrogens is 588 g/mol. The Hall–Kier alpha value is -4.46. The maximum atomic E-state index is 13.3. The van der Waals surface area contributed by atoms with E-state index in [2.05, 4.69) is 26.4 Å². The number of nitrogens with one attached hydrogen (secondary N) is 2. The van der Waals surface area contributed by atoms with Gasteiger partial charge in [0.2, 0.25) is 5.89 Å². The minimum Gasteiger partial charge on any atom is -0.435 e. The summed E-state index contributed by atoms with van der Waals surface area (Å²) in [7, 11) is 1.87. The highest BCUT2D eigenvalue weighted by Crippen LogP contribution is 2.39. The van der Waals surface area contributed by atoms with Crippen LogP contribution in [-0.2, 0) is 26.6 Å². The molecule has 7 rings (SSSR count). The van der Waals surface area contributed by atoms with E-state index in [4.69, 9.17) is 27.4 Å². The fraction of sp³-hybridized carbons (Fsp3) is 0.286. The number of β-amino-alcohol motifs (C(OH)–C–C–N with tert-alkyl or cyclic N) is 1. The number of nitrogens with zero attached hydrogens (tertiary/aromatic N) is 4. The van der Waals surface area contributed by atoms with Gasteiger partial charge in [-0.25, -0.2) is 9.97 Å². The van der Waals surface area contributed by atoms with Crippen LogP contribution in [0.4, 0.5) is 5.69 Å². The number of likely N-dealkylation sites (tertiary alicyclic amines) is 1.